The van der Waals surface area contributed by atoms with Gasteiger partial charge in [-0.1, -0.05) is 11.6 Å². The fourth-order valence-corrected chi connectivity index (χ4v) is 5.61. The van der Waals surface area contributed by atoms with Gasteiger partial charge in [0.25, 0.3) is 0 Å². The van der Waals surface area contributed by atoms with Crippen molar-refractivity contribution in [1.29, 1.82) is 0 Å². The maximum Gasteiger partial charge on any atom is 0.229 e. The summed E-state index contributed by atoms with van der Waals surface area (Å²) in [6, 6.07) is 11.2. The molecule has 2 saturated heterocycles. The van der Waals surface area contributed by atoms with Crippen molar-refractivity contribution in [1.82, 2.24) is 24.8 Å². The third-order valence-electron chi connectivity index (χ3n) is 7.71. The van der Waals surface area contributed by atoms with Gasteiger partial charge in [-0.15, -0.1) is 0 Å². The second-order valence-electron chi connectivity index (χ2n) is 10.6. The summed E-state index contributed by atoms with van der Waals surface area (Å²) in [6.07, 6.45) is 8.21. The predicted molar refractivity (Wildman–Crippen MR) is 160 cm³/mol. The zero-order chi connectivity index (χ0) is 27.6. The molecule has 0 amide bonds. The van der Waals surface area contributed by atoms with E-state index in [9.17, 15) is 4.39 Å². The Morgan fingerprint density at radius 3 is 2.35 bits per heavy atom. The molecule has 0 radical (unpaired) electrons. The van der Waals surface area contributed by atoms with Crippen LogP contribution in [0.15, 0.2) is 48.8 Å². The molecule has 5 heterocycles. The summed E-state index contributed by atoms with van der Waals surface area (Å²) in [7, 11) is 4.31. The summed E-state index contributed by atoms with van der Waals surface area (Å²) in [5.41, 5.74) is 2.46. The van der Waals surface area contributed by atoms with Crippen LogP contribution in [-0.4, -0.2) is 71.2 Å². The first-order valence-electron chi connectivity index (χ1n) is 13.7. The molecular weight excluding hydrogens is 529 g/mol. The minimum absolute atomic E-state index is 0.0403. The van der Waals surface area contributed by atoms with Crippen molar-refractivity contribution in [3.63, 3.8) is 0 Å². The van der Waals surface area contributed by atoms with E-state index in [-0.39, 0.29) is 5.02 Å². The summed E-state index contributed by atoms with van der Waals surface area (Å²) < 4.78 is 13.6. The van der Waals surface area contributed by atoms with Gasteiger partial charge in [0.05, 0.1) is 28.6 Å². The number of rotatable bonds is 7. The Kier molecular flexibility index (Phi) is 7.53. The first kappa shape index (κ1) is 26.5. The zero-order valence-electron chi connectivity index (χ0n) is 22.7. The molecule has 40 heavy (non-hydrogen) atoms. The molecule has 2 aliphatic heterocycles. The number of nitrogens with one attached hydrogen (secondary N) is 2. The van der Waals surface area contributed by atoms with Gasteiger partial charge in [-0.3, -0.25) is 0 Å². The highest BCUT2D eigenvalue weighted by molar-refractivity contribution is 6.31. The highest BCUT2D eigenvalue weighted by Crippen LogP contribution is 2.31. The molecule has 2 fully saturated rings. The highest BCUT2D eigenvalue weighted by atomic mass is 35.5. The van der Waals surface area contributed by atoms with Crippen LogP contribution in [0.3, 0.4) is 0 Å². The van der Waals surface area contributed by atoms with E-state index >= 15 is 0 Å². The van der Waals surface area contributed by atoms with Crippen LogP contribution in [0.25, 0.3) is 10.9 Å². The monoisotopic (exact) mass is 561 g/mol. The molecule has 208 valence electrons. The van der Waals surface area contributed by atoms with Crippen molar-refractivity contribution in [2.24, 2.45) is 0 Å². The van der Waals surface area contributed by atoms with Gasteiger partial charge in [-0.25, -0.2) is 19.3 Å². The topological polar surface area (TPSA) is 85.3 Å². The molecule has 0 aliphatic carbocycles. The average Bonchev–Trinajstić information content (AvgIpc) is 3.50. The molecule has 9 nitrogen and oxygen atoms in total. The molecule has 2 N–H and O–H groups in total. The van der Waals surface area contributed by atoms with Crippen LogP contribution in [0.4, 0.5) is 39.2 Å². The molecule has 0 saturated carbocycles. The number of halogens is 2. The van der Waals surface area contributed by atoms with E-state index in [0.29, 0.717) is 29.0 Å². The van der Waals surface area contributed by atoms with E-state index in [2.05, 4.69) is 60.4 Å². The van der Waals surface area contributed by atoms with E-state index in [1.54, 1.807) is 12.3 Å². The quantitative estimate of drug-likeness (QED) is 0.289. The molecule has 11 heteroatoms. The Balaban J connectivity index is 1.22. The standard InChI is InChI=1S/C29H33ClFN9/c1-38(2)20-9-13-39(14-10-20)21-6-8-26(32-17-21)36-27-16-22-25(18-33-27)35-29(37-28(22)40-11-3-4-12-40)34-19-5-7-24(31)23(30)15-19/h5-8,15-18,20H,3-4,9-14H2,1-2H3,(H,32,33,36)(H,34,35,37). The zero-order valence-corrected chi connectivity index (χ0v) is 23.5. The Labute approximate surface area is 238 Å². The number of anilines is 6. The van der Waals surface area contributed by atoms with Crippen LogP contribution in [0, 0.1) is 5.82 Å². The van der Waals surface area contributed by atoms with Crippen molar-refractivity contribution in [2.75, 3.05) is 60.7 Å². The smallest absolute Gasteiger partial charge is 0.229 e. The molecule has 1 aromatic carbocycles. The number of hydrogen-bond donors (Lipinski definition) is 2. The third-order valence-corrected chi connectivity index (χ3v) is 8.00. The number of aromatic nitrogens is 4. The van der Waals surface area contributed by atoms with Crippen molar-refractivity contribution >= 4 is 57.3 Å². The van der Waals surface area contributed by atoms with Crippen LogP contribution < -0.4 is 20.4 Å². The van der Waals surface area contributed by atoms with E-state index in [0.717, 1.165) is 74.6 Å². The van der Waals surface area contributed by atoms with Crippen molar-refractivity contribution in [3.8, 4) is 0 Å². The molecule has 3 aromatic heterocycles. The minimum Gasteiger partial charge on any atom is -0.370 e. The molecule has 6 rings (SSSR count). The highest BCUT2D eigenvalue weighted by Gasteiger charge is 2.22. The van der Waals surface area contributed by atoms with Gasteiger partial charge in [-0.05, 0) is 76.2 Å². The summed E-state index contributed by atoms with van der Waals surface area (Å²) in [6.45, 7) is 3.92. The van der Waals surface area contributed by atoms with Crippen LogP contribution >= 0.6 is 11.6 Å². The number of benzene rings is 1. The molecule has 0 bridgehead atoms. The normalized spacial score (nSPS) is 16.2. The molecular formula is C29H33ClFN9. The number of piperidine rings is 1. The fourth-order valence-electron chi connectivity index (χ4n) is 5.43. The summed E-state index contributed by atoms with van der Waals surface area (Å²) in [4.78, 5) is 25.8. The van der Waals surface area contributed by atoms with Crippen LogP contribution in [0.5, 0.6) is 0 Å². The Bertz CT molecular complexity index is 1480. The first-order valence-corrected chi connectivity index (χ1v) is 14.1. The number of pyridine rings is 2. The summed E-state index contributed by atoms with van der Waals surface area (Å²) >= 11 is 5.97. The lowest BCUT2D eigenvalue weighted by atomic mass is 10.0. The predicted octanol–water partition coefficient (Wildman–Crippen LogP) is 5.83. The van der Waals surface area contributed by atoms with Gasteiger partial charge in [0.15, 0.2) is 0 Å². The van der Waals surface area contributed by atoms with Gasteiger partial charge in [0, 0.05) is 43.3 Å². The molecule has 0 spiro atoms. The van der Waals surface area contributed by atoms with Crippen LogP contribution in [0.1, 0.15) is 25.7 Å². The van der Waals surface area contributed by atoms with E-state index in [4.69, 9.17) is 16.6 Å². The lowest BCUT2D eigenvalue weighted by Crippen LogP contribution is -2.42. The fraction of sp³-hybridized carbons (Fsp3) is 0.379. The van der Waals surface area contributed by atoms with Gasteiger partial charge in [-0.2, -0.15) is 4.98 Å². The minimum atomic E-state index is -0.470. The molecule has 0 unspecified atom stereocenters. The van der Waals surface area contributed by atoms with E-state index in [1.165, 1.54) is 12.1 Å². The van der Waals surface area contributed by atoms with Crippen LogP contribution in [0.2, 0.25) is 5.02 Å². The lowest BCUT2D eigenvalue weighted by molar-refractivity contribution is 0.249. The maximum atomic E-state index is 13.6. The summed E-state index contributed by atoms with van der Waals surface area (Å²) in [5, 5.41) is 7.45. The number of fused-ring (bicyclic) bond motifs is 1. The van der Waals surface area contributed by atoms with Crippen LogP contribution in [-0.2, 0) is 0 Å². The Morgan fingerprint density at radius 1 is 0.875 bits per heavy atom. The van der Waals surface area contributed by atoms with E-state index in [1.807, 2.05) is 18.3 Å². The van der Waals surface area contributed by atoms with Crippen molar-refractivity contribution in [3.05, 3.63) is 59.6 Å². The second-order valence-corrected chi connectivity index (χ2v) is 11.0. The van der Waals surface area contributed by atoms with Crippen molar-refractivity contribution in [2.45, 2.75) is 31.7 Å². The molecule has 2 aliphatic rings. The maximum absolute atomic E-state index is 13.6. The Morgan fingerprint density at radius 2 is 1.65 bits per heavy atom. The number of nitrogens with zero attached hydrogens (tertiary/aromatic N) is 7. The lowest BCUT2D eigenvalue weighted by Gasteiger charge is -2.36. The summed E-state index contributed by atoms with van der Waals surface area (Å²) in [5.74, 6) is 2.19. The first-order chi connectivity index (χ1) is 19.4. The van der Waals surface area contributed by atoms with Gasteiger partial charge in [0.1, 0.15) is 23.3 Å². The molecule has 0 atom stereocenters. The Hall–Kier alpha value is -3.76. The van der Waals surface area contributed by atoms with E-state index < -0.39 is 5.82 Å². The largest absolute Gasteiger partial charge is 0.370 e. The second kappa shape index (κ2) is 11.4. The van der Waals surface area contributed by atoms with Gasteiger partial charge >= 0.3 is 0 Å². The average molecular weight is 562 g/mol. The molecule has 4 aromatic rings. The number of hydrogen-bond acceptors (Lipinski definition) is 9. The third kappa shape index (κ3) is 5.73. The van der Waals surface area contributed by atoms with Crippen molar-refractivity contribution < 1.29 is 4.39 Å². The SMILES string of the molecule is CN(C)C1CCN(c2ccc(Nc3cc4c(N5CCCC5)nc(Nc5ccc(F)c(Cl)c5)nc4cn3)nc2)CC1. The van der Waals surface area contributed by atoms with Gasteiger partial charge < -0.3 is 25.3 Å². The van der Waals surface area contributed by atoms with Gasteiger partial charge in [0.2, 0.25) is 5.95 Å².